The Morgan fingerprint density at radius 2 is 2.05 bits per heavy atom. The fraction of sp³-hybridized carbons (Fsp3) is 0.333. The van der Waals surface area contributed by atoms with E-state index in [-0.39, 0.29) is 17.9 Å². The minimum atomic E-state index is -0.221. The molecule has 4 nitrogen and oxygen atoms in total. The highest BCUT2D eigenvalue weighted by atomic mass is 16.2. The van der Waals surface area contributed by atoms with Crippen molar-refractivity contribution in [3.05, 3.63) is 41.5 Å². The maximum Gasteiger partial charge on any atom is 0.263 e. The Hall–Kier alpha value is -2.10. The molecule has 1 fully saturated rings. The molecule has 2 N–H and O–H groups in total. The zero-order valence-electron chi connectivity index (χ0n) is 10.4. The molecule has 2 amide bonds. The molecule has 19 heavy (non-hydrogen) atoms. The summed E-state index contributed by atoms with van der Waals surface area (Å²) in [5, 5.41) is 0. The summed E-state index contributed by atoms with van der Waals surface area (Å²) in [4.78, 5) is 26.3. The molecule has 0 saturated heterocycles. The summed E-state index contributed by atoms with van der Waals surface area (Å²) in [6.45, 7) is 0. The number of nitrogens with two attached hydrogens (primary N) is 1. The molecule has 4 rings (SSSR count). The van der Waals surface area contributed by atoms with Crippen LogP contribution in [0.2, 0.25) is 0 Å². The first-order valence-corrected chi connectivity index (χ1v) is 6.61. The number of amides is 2. The van der Waals surface area contributed by atoms with Gasteiger partial charge in [0.25, 0.3) is 11.8 Å². The van der Waals surface area contributed by atoms with E-state index in [1.165, 1.54) is 4.90 Å². The van der Waals surface area contributed by atoms with Gasteiger partial charge in [-0.2, -0.15) is 0 Å². The van der Waals surface area contributed by atoms with Gasteiger partial charge in [-0.05, 0) is 30.9 Å². The van der Waals surface area contributed by atoms with Crippen molar-refractivity contribution in [3.8, 4) is 0 Å². The summed E-state index contributed by atoms with van der Waals surface area (Å²) in [5.41, 5.74) is 7.08. The van der Waals surface area contributed by atoms with Gasteiger partial charge in [0.1, 0.15) is 0 Å². The fourth-order valence-electron chi connectivity index (χ4n) is 3.60. The average Bonchev–Trinajstić information content (AvgIpc) is 2.85. The third-order valence-electron chi connectivity index (χ3n) is 4.64. The van der Waals surface area contributed by atoms with Gasteiger partial charge in [0.05, 0.1) is 11.1 Å². The number of carbonyl (C=O) groups excluding carboxylic acids is 2. The van der Waals surface area contributed by atoms with E-state index < -0.39 is 0 Å². The molecule has 1 aliphatic heterocycles. The molecule has 0 radical (unpaired) electrons. The van der Waals surface area contributed by atoms with Gasteiger partial charge in [0, 0.05) is 17.6 Å². The lowest BCUT2D eigenvalue weighted by atomic mass is 9.70. The van der Waals surface area contributed by atoms with Gasteiger partial charge in [-0.25, -0.2) is 0 Å². The van der Waals surface area contributed by atoms with Crippen LogP contribution in [0.25, 0.3) is 0 Å². The molecule has 3 aliphatic rings. The van der Waals surface area contributed by atoms with Crippen LogP contribution in [0.1, 0.15) is 33.6 Å². The van der Waals surface area contributed by atoms with E-state index in [1.807, 2.05) is 0 Å². The predicted octanol–water partition coefficient (Wildman–Crippen LogP) is 1.83. The Labute approximate surface area is 110 Å². The maximum atomic E-state index is 12.5. The van der Waals surface area contributed by atoms with Crippen LogP contribution in [-0.4, -0.2) is 22.8 Å². The van der Waals surface area contributed by atoms with E-state index in [2.05, 4.69) is 12.2 Å². The number of rotatable bonds is 1. The summed E-state index contributed by atoms with van der Waals surface area (Å²) in [6, 6.07) is 5.11. The molecule has 0 aromatic heterocycles. The Bertz CT molecular complexity index is 635. The summed E-state index contributed by atoms with van der Waals surface area (Å²) in [5.74, 6) is 0.563. The first kappa shape index (κ1) is 10.8. The minimum absolute atomic E-state index is 0.0237. The molecular weight excluding hydrogens is 240 g/mol. The Balaban J connectivity index is 1.73. The number of carbonyl (C=O) groups is 2. The summed E-state index contributed by atoms with van der Waals surface area (Å²) < 4.78 is 0. The highest BCUT2D eigenvalue weighted by molar-refractivity contribution is 6.23. The standard InChI is InChI=1S/C15H14N2O2/c16-11-6-2-5-10-13(11)15(19)17(14(10)18)12-7-8-3-1-4-9(8)12/h1-2,4-6,8-9,12H,3,7,16H2. The minimum Gasteiger partial charge on any atom is -0.398 e. The van der Waals surface area contributed by atoms with Gasteiger partial charge in [-0.3, -0.25) is 14.5 Å². The summed E-state index contributed by atoms with van der Waals surface area (Å²) >= 11 is 0. The fourth-order valence-corrected chi connectivity index (χ4v) is 3.60. The zero-order chi connectivity index (χ0) is 13.1. The first-order valence-electron chi connectivity index (χ1n) is 6.61. The molecular formula is C15H14N2O2. The van der Waals surface area contributed by atoms with Gasteiger partial charge in [0.15, 0.2) is 0 Å². The van der Waals surface area contributed by atoms with E-state index in [0.29, 0.717) is 28.7 Å². The Morgan fingerprint density at radius 1 is 1.21 bits per heavy atom. The van der Waals surface area contributed by atoms with Gasteiger partial charge in [-0.15, -0.1) is 0 Å². The normalized spacial score (nSPS) is 31.4. The van der Waals surface area contributed by atoms with Crippen molar-refractivity contribution in [1.29, 1.82) is 0 Å². The molecule has 1 saturated carbocycles. The van der Waals surface area contributed by atoms with E-state index in [0.717, 1.165) is 12.8 Å². The average molecular weight is 254 g/mol. The van der Waals surface area contributed by atoms with E-state index in [4.69, 9.17) is 5.73 Å². The lowest BCUT2D eigenvalue weighted by Gasteiger charge is -2.44. The van der Waals surface area contributed by atoms with Gasteiger partial charge < -0.3 is 5.73 Å². The number of anilines is 1. The number of fused-ring (bicyclic) bond motifs is 2. The second-order valence-electron chi connectivity index (χ2n) is 5.55. The molecule has 1 heterocycles. The van der Waals surface area contributed by atoms with Crippen molar-refractivity contribution in [2.24, 2.45) is 11.8 Å². The molecule has 1 aromatic rings. The second kappa shape index (κ2) is 3.47. The number of imide groups is 1. The van der Waals surface area contributed by atoms with Crippen molar-refractivity contribution in [1.82, 2.24) is 4.90 Å². The number of allylic oxidation sites excluding steroid dienone is 1. The highest BCUT2D eigenvalue weighted by Gasteiger charge is 2.51. The molecule has 3 atom stereocenters. The largest absolute Gasteiger partial charge is 0.398 e. The van der Waals surface area contributed by atoms with Crippen LogP contribution in [0, 0.1) is 11.8 Å². The molecule has 1 aromatic carbocycles. The van der Waals surface area contributed by atoms with Crippen LogP contribution in [-0.2, 0) is 0 Å². The predicted molar refractivity (Wildman–Crippen MR) is 70.5 cm³/mol. The third kappa shape index (κ3) is 1.23. The SMILES string of the molecule is Nc1cccc2c1C(=O)N(C1CC3CC=CC31)C2=O. The highest BCUT2D eigenvalue weighted by Crippen LogP contribution is 2.47. The van der Waals surface area contributed by atoms with Crippen LogP contribution in [0.4, 0.5) is 5.69 Å². The monoisotopic (exact) mass is 254 g/mol. The summed E-state index contributed by atoms with van der Waals surface area (Å²) in [6.07, 6.45) is 6.29. The van der Waals surface area contributed by atoms with Crippen LogP contribution in [0.15, 0.2) is 30.4 Å². The molecule has 3 unspecified atom stereocenters. The molecule has 96 valence electrons. The van der Waals surface area contributed by atoms with Crippen LogP contribution >= 0.6 is 0 Å². The second-order valence-corrected chi connectivity index (χ2v) is 5.55. The van der Waals surface area contributed by atoms with Crippen molar-refractivity contribution >= 4 is 17.5 Å². The smallest absolute Gasteiger partial charge is 0.263 e. The number of hydrogen-bond donors (Lipinski definition) is 1. The number of nitrogens with zero attached hydrogens (tertiary/aromatic N) is 1. The van der Waals surface area contributed by atoms with E-state index in [9.17, 15) is 9.59 Å². The quantitative estimate of drug-likeness (QED) is 0.472. The number of nitrogen functional groups attached to an aromatic ring is 1. The van der Waals surface area contributed by atoms with Crippen molar-refractivity contribution < 1.29 is 9.59 Å². The molecule has 0 spiro atoms. The van der Waals surface area contributed by atoms with Gasteiger partial charge in [-0.1, -0.05) is 18.2 Å². The molecule has 4 heteroatoms. The zero-order valence-corrected chi connectivity index (χ0v) is 10.4. The van der Waals surface area contributed by atoms with Crippen molar-refractivity contribution in [2.75, 3.05) is 5.73 Å². The lowest BCUT2D eigenvalue weighted by molar-refractivity contribution is 0.0297. The van der Waals surface area contributed by atoms with Gasteiger partial charge in [0.2, 0.25) is 0 Å². The van der Waals surface area contributed by atoms with E-state index in [1.54, 1.807) is 18.2 Å². The van der Waals surface area contributed by atoms with Gasteiger partial charge >= 0.3 is 0 Å². The van der Waals surface area contributed by atoms with E-state index >= 15 is 0 Å². The first-order chi connectivity index (χ1) is 9.18. The third-order valence-corrected chi connectivity index (χ3v) is 4.64. The van der Waals surface area contributed by atoms with Crippen molar-refractivity contribution in [2.45, 2.75) is 18.9 Å². The van der Waals surface area contributed by atoms with Crippen molar-refractivity contribution in [3.63, 3.8) is 0 Å². The van der Waals surface area contributed by atoms with Crippen LogP contribution in [0.5, 0.6) is 0 Å². The Kier molecular flexibility index (Phi) is 1.97. The number of benzene rings is 1. The van der Waals surface area contributed by atoms with Crippen LogP contribution < -0.4 is 5.73 Å². The Morgan fingerprint density at radius 3 is 2.79 bits per heavy atom. The lowest BCUT2D eigenvalue weighted by Crippen LogP contribution is -2.52. The molecule has 0 bridgehead atoms. The summed E-state index contributed by atoms with van der Waals surface area (Å²) in [7, 11) is 0. The van der Waals surface area contributed by atoms with Crippen LogP contribution in [0.3, 0.4) is 0 Å². The topological polar surface area (TPSA) is 63.4 Å². The number of hydrogen-bond acceptors (Lipinski definition) is 3. The molecule has 2 aliphatic carbocycles. The maximum absolute atomic E-state index is 12.5.